The minimum absolute atomic E-state index is 0.122. The number of aromatic nitrogens is 3. The Labute approximate surface area is 192 Å². The van der Waals surface area contributed by atoms with Gasteiger partial charge in [0.1, 0.15) is 0 Å². The van der Waals surface area contributed by atoms with Crippen LogP contribution in [0.4, 0.5) is 11.6 Å². The van der Waals surface area contributed by atoms with Crippen LogP contribution in [0.2, 0.25) is 10.0 Å². The third kappa shape index (κ3) is 5.23. The molecule has 0 fully saturated rings. The largest absolute Gasteiger partial charge is 0.384 e. The predicted octanol–water partition coefficient (Wildman–Crippen LogP) is 7.06. The third-order valence-corrected chi connectivity index (χ3v) is 6.69. The lowest BCUT2D eigenvalue weighted by Gasteiger charge is -2.14. The SMILES string of the molecule is CCCCCNc1cc(Cl)cc(-c2nc(C(C)(C)C)sc2-c2ccnc(N)n2)c1Cl. The molecule has 3 N–H and O–H groups in total. The van der Waals surface area contributed by atoms with Gasteiger partial charge in [-0.2, -0.15) is 0 Å². The normalized spacial score (nSPS) is 11.7. The summed E-state index contributed by atoms with van der Waals surface area (Å²) in [4.78, 5) is 14.3. The number of rotatable bonds is 7. The zero-order valence-corrected chi connectivity index (χ0v) is 20.0. The van der Waals surface area contributed by atoms with Crippen LogP contribution < -0.4 is 11.1 Å². The summed E-state index contributed by atoms with van der Waals surface area (Å²) in [5.74, 6) is 0.222. The number of hydrogen-bond donors (Lipinski definition) is 2. The molecule has 0 saturated carbocycles. The van der Waals surface area contributed by atoms with Crippen molar-refractivity contribution in [3.05, 3.63) is 39.4 Å². The standard InChI is InChI=1S/C22H27Cl2N5S/c1-5-6-7-9-26-16-12-13(23)11-14(17(16)24)18-19(15-8-10-27-21(25)28-15)30-20(29-18)22(2,3)4/h8,10-12,26H,5-7,9H2,1-4H3,(H2,25,27,28). The maximum absolute atomic E-state index is 6.83. The fourth-order valence-corrected chi connectivity index (χ4v) is 4.58. The summed E-state index contributed by atoms with van der Waals surface area (Å²) in [7, 11) is 0. The zero-order valence-electron chi connectivity index (χ0n) is 17.7. The van der Waals surface area contributed by atoms with Crippen molar-refractivity contribution in [3.8, 4) is 21.8 Å². The fraction of sp³-hybridized carbons (Fsp3) is 0.409. The molecule has 1 aromatic carbocycles. The molecule has 0 saturated heterocycles. The van der Waals surface area contributed by atoms with E-state index in [0.29, 0.717) is 10.0 Å². The molecule has 5 nitrogen and oxygen atoms in total. The maximum atomic E-state index is 6.83. The van der Waals surface area contributed by atoms with Crippen molar-refractivity contribution in [3.63, 3.8) is 0 Å². The second-order valence-corrected chi connectivity index (χ2v) is 10.0. The number of nitrogens with zero attached hydrogens (tertiary/aromatic N) is 3. The number of nitrogens with two attached hydrogens (primary N) is 1. The number of thiazole rings is 1. The Kier molecular flexibility index (Phi) is 7.22. The van der Waals surface area contributed by atoms with E-state index in [2.05, 4.69) is 43.0 Å². The number of nitrogen functional groups attached to an aromatic ring is 1. The van der Waals surface area contributed by atoms with Crippen LogP contribution in [0, 0.1) is 0 Å². The predicted molar refractivity (Wildman–Crippen MR) is 130 cm³/mol. The van der Waals surface area contributed by atoms with Crippen molar-refractivity contribution in [2.24, 2.45) is 0 Å². The molecular weight excluding hydrogens is 437 g/mol. The van der Waals surface area contributed by atoms with Crippen LogP contribution >= 0.6 is 34.5 Å². The summed E-state index contributed by atoms with van der Waals surface area (Å²) in [5, 5.41) is 5.61. The Morgan fingerprint density at radius 2 is 1.90 bits per heavy atom. The summed E-state index contributed by atoms with van der Waals surface area (Å²) < 4.78 is 0. The topological polar surface area (TPSA) is 76.7 Å². The number of halogens is 2. The summed E-state index contributed by atoms with van der Waals surface area (Å²) in [6.07, 6.45) is 5.05. The minimum atomic E-state index is -0.122. The van der Waals surface area contributed by atoms with Crippen LogP contribution in [-0.2, 0) is 5.41 Å². The van der Waals surface area contributed by atoms with Gasteiger partial charge in [-0.1, -0.05) is 63.7 Å². The van der Waals surface area contributed by atoms with E-state index < -0.39 is 0 Å². The summed E-state index contributed by atoms with van der Waals surface area (Å²) in [6.45, 7) is 9.42. The van der Waals surface area contributed by atoms with Gasteiger partial charge in [-0.3, -0.25) is 0 Å². The molecule has 0 atom stereocenters. The average Bonchev–Trinajstić information content (AvgIpc) is 3.13. The molecule has 0 radical (unpaired) electrons. The molecule has 3 rings (SSSR count). The van der Waals surface area contributed by atoms with Crippen molar-refractivity contribution in [2.45, 2.75) is 52.4 Å². The molecule has 0 aliphatic carbocycles. The quantitative estimate of drug-likeness (QED) is 0.366. The summed E-state index contributed by atoms with van der Waals surface area (Å²) in [5.41, 5.74) is 8.79. The van der Waals surface area contributed by atoms with Gasteiger partial charge in [0.05, 0.1) is 32.0 Å². The monoisotopic (exact) mass is 463 g/mol. The Bertz CT molecular complexity index is 1030. The van der Waals surface area contributed by atoms with Crippen molar-refractivity contribution < 1.29 is 0 Å². The lowest BCUT2D eigenvalue weighted by molar-refractivity contribution is 0.586. The lowest BCUT2D eigenvalue weighted by Crippen LogP contribution is -2.10. The Hall–Kier alpha value is -1.89. The number of unbranched alkanes of at least 4 members (excludes halogenated alkanes) is 2. The summed E-state index contributed by atoms with van der Waals surface area (Å²) in [6, 6.07) is 5.55. The van der Waals surface area contributed by atoms with Gasteiger partial charge in [0, 0.05) is 28.7 Å². The number of nitrogens with one attached hydrogen (secondary N) is 1. The maximum Gasteiger partial charge on any atom is 0.220 e. The van der Waals surface area contributed by atoms with E-state index in [9.17, 15) is 0 Å². The van der Waals surface area contributed by atoms with E-state index in [4.69, 9.17) is 33.9 Å². The smallest absolute Gasteiger partial charge is 0.220 e. The van der Waals surface area contributed by atoms with Crippen LogP contribution in [-0.4, -0.2) is 21.5 Å². The van der Waals surface area contributed by atoms with Crippen molar-refractivity contribution in [1.29, 1.82) is 0 Å². The molecule has 160 valence electrons. The van der Waals surface area contributed by atoms with E-state index in [1.165, 1.54) is 6.42 Å². The van der Waals surface area contributed by atoms with Gasteiger partial charge in [0.2, 0.25) is 5.95 Å². The van der Waals surface area contributed by atoms with E-state index in [0.717, 1.165) is 51.9 Å². The first kappa shape index (κ1) is 22.8. The lowest BCUT2D eigenvalue weighted by atomic mass is 9.98. The van der Waals surface area contributed by atoms with Crippen LogP contribution in [0.1, 0.15) is 52.0 Å². The first-order chi connectivity index (χ1) is 14.2. The average molecular weight is 464 g/mol. The fourth-order valence-electron chi connectivity index (χ4n) is 2.99. The van der Waals surface area contributed by atoms with Gasteiger partial charge in [-0.25, -0.2) is 15.0 Å². The number of benzene rings is 1. The van der Waals surface area contributed by atoms with Gasteiger partial charge in [-0.15, -0.1) is 11.3 Å². The van der Waals surface area contributed by atoms with Crippen LogP contribution in [0.15, 0.2) is 24.4 Å². The molecular formula is C22H27Cl2N5S. The van der Waals surface area contributed by atoms with Crippen LogP contribution in [0.25, 0.3) is 21.8 Å². The van der Waals surface area contributed by atoms with Gasteiger partial charge >= 0.3 is 0 Å². The molecule has 8 heteroatoms. The second kappa shape index (κ2) is 9.50. The van der Waals surface area contributed by atoms with Gasteiger partial charge in [0.25, 0.3) is 0 Å². The molecule has 30 heavy (non-hydrogen) atoms. The van der Waals surface area contributed by atoms with E-state index in [-0.39, 0.29) is 11.4 Å². The van der Waals surface area contributed by atoms with Crippen LogP contribution in [0.3, 0.4) is 0 Å². The molecule has 0 aliphatic heterocycles. The molecule has 3 aromatic rings. The first-order valence-corrected chi connectivity index (χ1v) is 11.6. The molecule has 2 heterocycles. The highest BCUT2D eigenvalue weighted by atomic mass is 35.5. The van der Waals surface area contributed by atoms with Crippen LogP contribution in [0.5, 0.6) is 0 Å². The highest BCUT2D eigenvalue weighted by Crippen LogP contribution is 2.44. The molecule has 2 aromatic heterocycles. The van der Waals surface area contributed by atoms with E-state index in [1.807, 2.05) is 18.2 Å². The number of hydrogen-bond acceptors (Lipinski definition) is 6. The molecule has 0 amide bonds. The molecule has 0 unspecified atom stereocenters. The minimum Gasteiger partial charge on any atom is -0.384 e. The second-order valence-electron chi connectivity index (χ2n) is 8.20. The van der Waals surface area contributed by atoms with E-state index >= 15 is 0 Å². The van der Waals surface area contributed by atoms with Gasteiger partial charge < -0.3 is 11.1 Å². The highest BCUT2D eigenvalue weighted by Gasteiger charge is 2.25. The Morgan fingerprint density at radius 1 is 1.13 bits per heavy atom. The molecule has 0 bridgehead atoms. The third-order valence-electron chi connectivity index (χ3n) is 4.56. The van der Waals surface area contributed by atoms with Crippen molar-refractivity contribution in [2.75, 3.05) is 17.6 Å². The Balaban J connectivity index is 2.12. The van der Waals surface area contributed by atoms with Gasteiger partial charge in [0.15, 0.2) is 0 Å². The van der Waals surface area contributed by atoms with Crippen molar-refractivity contribution >= 4 is 46.2 Å². The summed E-state index contributed by atoms with van der Waals surface area (Å²) >= 11 is 14.9. The Morgan fingerprint density at radius 3 is 2.57 bits per heavy atom. The van der Waals surface area contributed by atoms with Crippen molar-refractivity contribution in [1.82, 2.24) is 15.0 Å². The zero-order chi connectivity index (χ0) is 21.9. The first-order valence-electron chi connectivity index (χ1n) is 10.0. The van der Waals surface area contributed by atoms with Gasteiger partial charge in [-0.05, 0) is 24.6 Å². The number of anilines is 2. The van der Waals surface area contributed by atoms with E-state index in [1.54, 1.807) is 17.5 Å². The molecule has 0 spiro atoms. The highest BCUT2D eigenvalue weighted by molar-refractivity contribution is 7.15. The molecule has 0 aliphatic rings.